The summed E-state index contributed by atoms with van der Waals surface area (Å²) in [4.78, 5) is 0. The van der Waals surface area contributed by atoms with E-state index in [0.717, 1.165) is 20.1 Å². The summed E-state index contributed by atoms with van der Waals surface area (Å²) in [5, 5.41) is 0. The van der Waals surface area contributed by atoms with Gasteiger partial charge in [0, 0.05) is 6.26 Å². The SMILES string of the molecule is C.C.C.C.CC(F)S(=O)O.CC(F)S(C)(=O)=O. The highest BCUT2D eigenvalue weighted by Crippen LogP contribution is 1.95. The lowest BCUT2D eigenvalue weighted by molar-refractivity contribution is 0.431. The van der Waals surface area contributed by atoms with E-state index in [1.54, 1.807) is 0 Å². The third-order valence-electron chi connectivity index (χ3n) is 0.868. The van der Waals surface area contributed by atoms with Crippen molar-refractivity contribution >= 4 is 20.9 Å². The van der Waals surface area contributed by atoms with Gasteiger partial charge in [0.25, 0.3) is 0 Å². The first kappa shape index (κ1) is 36.0. The highest BCUT2D eigenvalue weighted by Gasteiger charge is 2.10. The van der Waals surface area contributed by atoms with Gasteiger partial charge in [0.15, 0.2) is 31.9 Å². The molecule has 0 heterocycles. The van der Waals surface area contributed by atoms with Crippen molar-refractivity contribution < 1.29 is 26.0 Å². The van der Waals surface area contributed by atoms with Crippen molar-refractivity contribution in [1.29, 1.82) is 0 Å². The molecule has 0 amide bonds. The first-order valence-corrected chi connectivity index (χ1v) is 6.28. The molecule has 0 aliphatic heterocycles. The Balaban J connectivity index is -0.0000000290. The molecule has 0 fully saturated rings. The Morgan fingerprint density at radius 3 is 1.18 bits per heavy atom. The Morgan fingerprint density at radius 2 is 1.18 bits per heavy atom. The van der Waals surface area contributed by atoms with Crippen molar-refractivity contribution in [3.63, 3.8) is 0 Å². The number of hydrogen-bond donors (Lipinski definition) is 1. The number of halogens is 2. The lowest BCUT2D eigenvalue weighted by Crippen LogP contribution is -2.08. The van der Waals surface area contributed by atoms with Crippen LogP contribution in [0.5, 0.6) is 0 Å². The maximum Gasteiger partial charge on any atom is 0.197 e. The van der Waals surface area contributed by atoms with Crippen molar-refractivity contribution in [2.24, 2.45) is 0 Å². The average Bonchev–Trinajstić information content (AvgIpc) is 1.86. The fourth-order valence-electron chi connectivity index (χ4n) is 0. The van der Waals surface area contributed by atoms with Crippen LogP contribution in [0.2, 0.25) is 0 Å². The predicted octanol–water partition coefficient (Wildman–Crippen LogP) is 3.41. The van der Waals surface area contributed by atoms with Gasteiger partial charge in [0.05, 0.1) is 0 Å². The molecular formula is C9H28F2O4S2. The van der Waals surface area contributed by atoms with Gasteiger partial charge in [0.1, 0.15) is 0 Å². The second-order valence-electron chi connectivity index (χ2n) is 2.19. The number of sulfone groups is 1. The second-order valence-corrected chi connectivity index (χ2v) is 5.70. The van der Waals surface area contributed by atoms with Gasteiger partial charge < -0.3 is 4.55 Å². The topological polar surface area (TPSA) is 71.4 Å². The molecule has 3 atom stereocenters. The van der Waals surface area contributed by atoms with E-state index in [-0.39, 0.29) is 29.7 Å². The fraction of sp³-hybridized carbons (Fsp3) is 1.00. The van der Waals surface area contributed by atoms with E-state index in [0.29, 0.717) is 0 Å². The molecule has 4 nitrogen and oxygen atoms in total. The van der Waals surface area contributed by atoms with E-state index in [9.17, 15) is 21.4 Å². The van der Waals surface area contributed by atoms with Crippen LogP contribution in [-0.4, -0.2) is 34.4 Å². The van der Waals surface area contributed by atoms with Crippen LogP contribution in [0.3, 0.4) is 0 Å². The van der Waals surface area contributed by atoms with Crippen LogP contribution in [0.1, 0.15) is 43.6 Å². The van der Waals surface area contributed by atoms with Crippen LogP contribution in [0.15, 0.2) is 0 Å². The standard InChI is InChI=1S/C3H7FO2S.C2H5FO2S.4CH4/c1-3(4)7(2,5)6;1-2(3)6(4)5;;;;/h3H,1-2H3;2H,1H3,(H,4,5);4*1H4. The van der Waals surface area contributed by atoms with Gasteiger partial charge in [-0.05, 0) is 13.8 Å². The summed E-state index contributed by atoms with van der Waals surface area (Å²) in [6.45, 7) is 2.02. The number of alkyl halides is 2. The van der Waals surface area contributed by atoms with Crippen LogP contribution < -0.4 is 0 Å². The maximum atomic E-state index is 11.6. The first-order valence-electron chi connectivity index (χ1n) is 3.15. The third kappa shape index (κ3) is 31.3. The summed E-state index contributed by atoms with van der Waals surface area (Å²) < 4.78 is 60.0. The molecule has 0 spiro atoms. The van der Waals surface area contributed by atoms with E-state index < -0.39 is 31.9 Å². The van der Waals surface area contributed by atoms with E-state index in [1.165, 1.54) is 0 Å². The Bertz CT molecular complexity index is 252. The van der Waals surface area contributed by atoms with Gasteiger partial charge in [0.2, 0.25) is 0 Å². The molecule has 1 N–H and O–H groups in total. The van der Waals surface area contributed by atoms with Gasteiger partial charge >= 0.3 is 0 Å². The van der Waals surface area contributed by atoms with Crippen molar-refractivity contribution in [2.45, 2.75) is 54.6 Å². The molecule has 0 aliphatic carbocycles. The smallest absolute Gasteiger partial charge is 0.197 e. The molecule has 8 heteroatoms. The number of hydrogen-bond acceptors (Lipinski definition) is 3. The average molecular weight is 302 g/mol. The van der Waals surface area contributed by atoms with Gasteiger partial charge in [-0.1, -0.05) is 29.7 Å². The van der Waals surface area contributed by atoms with Crippen molar-refractivity contribution in [2.75, 3.05) is 6.26 Å². The van der Waals surface area contributed by atoms with Crippen LogP contribution in [0.4, 0.5) is 8.78 Å². The lowest BCUT2D eigenvalue weighted by Gasteiger charge is -1.92. The normalized spacial score (nSPS) is 13.8. The lowest BCUT2D eigenvalue weighted by atomic mass is 10.9. The Kier molecular flexibility index (Phi) is 33.7. The monoisotopic (exact) mass is 302 g/mol. The molecule has 114 valence electrons. The molecule has 0 saturated heterocycles. The quantitative estimate of drug-likeness (QED) is 0.793. The van der Waals surface area contributed by atoms with Gasteiger partial charge in [-0.2, -0.15) is 0 Å². The molecule has 0 aromatic rings. The molecule has 0 bridgehead atoms. The minimum atomic E-state index is -3.41. The number of rotatable bonds is 2. The Labute approximate surface area is 108 Å². The highest BCUT2D eigenvalue weighted by molar-refractivity contribution is 7.91. The van der Waals surface area contributed by atoms with E-state index in [1.807, 2.05) is 0 Å². The minimum absolute atomic E-state index is 0. The van der Waals surface area contributed by atoms with Crippen LogP contribution in [0, 0.1) is 0 Å². The van der Waals surface area contributed by atoms with Gasteiger partial charge in [-0.15, -0.1) is 0 Å². The fourth-order valence-corrected chi connectivity index (χ4v) is 0. The predicted molar refractivity (Wildman–Crippen MR) is 73.7 cm³/mol. The van der Waals surface area contributed by atoms with Gasteiger partial charge in [-0.3, -0.25) is 0 Å². The zero-order chi connectivity index (χ0) is 11.2. The summed E-state index contributed by atoms with van der Waals surface area (Å²) in [5.74, 6) is 0. The molecule has 0 rings (SSSR count). The van der Waals surface area contributed by atoms with E-state index in [2.05, 4.69) is 0 Å². The molecule has 0 aromatic heterocycles. The largest absolute Gasteiger partial charge is 0.304 e. The Hall–Kier alpha value is -0.0800. The summed E-state index contributed by atoms with van der Waals surface area (Å²) in [6, 6.07) is 0. The van der Waals surface area contributed by atoms with Crippen molar-refractivity contribution in [3.05, 3.63) is 0 Å². The molecular weight excluding hydrogens is 274 g/mol. The molecule has 0 saturated carbocycles. The Morgan fingerprint density at radius 1 is 1.06 bits per heavy atom. The summed E-state index contributed by atoms with van der Waals surface area (Å²) in [6.07, 6.45) is 0.859. The van der Waals surface area contributed by atoms with Crippen LogP contribution >= 0.6 is 0 Å². The first-order chi connectivity index (χ1) is 5.59. The van der Waals surface area contributed by atoms with E-state index >= 15 is 0 Å². The molecule has 0 aliphatic rings. The zero-order valence-corrected chi connectivity index (χ0v) is 9.03. The molecule has 0 radical (unpaired) electrons. The third-order valence-corrected chi connectivity index (χ3v) is 2.60. The summed E-state index contributed by atoms with van der Waals surface area (Å²) >= 11 is -2.28. The van der Waals surface area contributed by atoms with E-state index in [4.69, 9.17) is 4.55 Å². The molecule has 0 aromatic carbocycles. The minimum Gasteiger partial charge on any atom is -0.304 e. The molecule has 3 unspecified atom stereocenters. The van der Waals surface area contributed by atoms with Gasteiger partial charge in [-0.25, -0.2) is 21.4 Å². The summed E-state index contributed by atoms with van der Waals surface area (Å²) in [5.41, 5.74) is -3.35. The zero-order valence-electron chi connectivity index (χ0n) is 7.40. The summed E-state index contributed by atoms with van der Waals surface area (Å²) in [7, 11) is -3.41. The van der Waals surface area contributed by atoms with Crippen molar-refractivity contribution in [1.82, 2.24) is 0 Å². The maximum absolute atomic E-state index is 11.6. The van der Waals surface area contributed by atoms with Crippen LogP contribution in [0.25, 0.3) is 0 Å². The molecule has 17 heavy (non-hydrogen) atoms. The van der Waals surface area contributed by atoms with Crippen LogP contribution in [-0.2, 0) is 20.9 Å². The highest BCUT2D eigenvalue weighted by atomic mass is 32.2. The second kappa shape index (κ2) is 15.9. The van der Waals surface area contributed by atoms with Crippen molar-refractivity contribution in [3.8, 4) is 0 Å².